The number of benzene rings is 2. The molecule has 3 aromatic heterocycles. The first-order chi connectivity index (χ1) is 19.9. The van der Waals surface area contributed by atoms with Gasteiger partial charge in [-0.15, -0.1) is 5.10 Å². The molecule has 0 spiro atoms. The highest BCUT2D eigenvalue weighted by molar-refractivity contribution is 9.10. The minimum Gasteiger partial charge on any atom is -0.347 e. The first-order valence-corrected chi connectivity index (χ1v) is 14.0. The van der Waals surface area contributed by atoms with E-state index in [-0.39, 0.29) is 34.3 Å². The van der Waals surface area contributed by atoms with Crippen LogP contribution in [0.15, 0.2) is 59.2 Å². The van der Waals surface area contributed by atoms with Crippen molar-refractivity contribution in [2.75, 3.05) is 5.32 Å². The van der Waals surface area contributed by atoms with Gasteiger partial charge in [-0.05, 0) is 81.8 Å². The number of carbonyl (C=O) groups excluding carboxylic acids is 2. The van der Waals surface area contributed by atoms with Crippen molar-refractivity contribution in [1.82, 2.24) is 35.1 Å². The Bertz CT molecular complexity index is 1900. The summed E-state index contributed by atoms with van der Waals surface area (Å²) in [5, 5.41) is 28.7. The Balaban J connectivity index is 1.56. The lowest BCUT2D eigenvalue weighted by Gasteiger charge is -2.22. The molecule has 212 valence electrons. The Morgan fingerprint density at radius 1 is 1.12 bits per heavy atom. The fraction of sp³-hybridized carbons (Fsp3) is 0.207. The van der Waals surface area contributed by atoms with Gasteiger partial charge in [-0.25, -0.2) is 14.3 Å². The number of nitrogens with zero attached hydrogens (tertiary/aromatic N) is 7. The fourth-order valence-electron chi connectivity index (χ4n) is 4.36. The highest BCUT2D eigenvalue weighted by Gasteiger charge is 2.25. The predicted molar refractivity (Wildman–Crippen MR) is 162 cm³/mol. The quantitative estimate of drug-likeness (QED) is 0.250. The number of nitrogens with one attached hydrogen (secondary N) is 2. The molecular weight excluding hydrogens is 622 g/mol. The molecule has 5 aromatic rings. The SMILES string of the molecule is Cc1cc(C#N)cc(C(=O)NC(C)(C)C)c1NC(=O)c1cc(Cn2nnc3cc(Br)ccc32)nn1-c1ncccc1Cl. The normalized spacial score (nSPS) is 11.4. The molecule has 0 fully saturated rings. The van der Waals surface area contributed by atoms with E-state index in [1.165, 1.54) is 10.7 Å². The van der Waals surface area contributed by atoms with E-state index in [1.54, 1.807) is 42.1 Å². The van der Waals surface area contributed by atoms with Crippen LogP contribution >= 0.6 is 27.5 Å². The van der Waals surface area contributed by atoms with Crippen molar-refractivity contribution in [3.8, 4) is 11.9 Å². The van der Waals surface area contributed by atoms with Gasteiger partial charge in [0.05, 0.1) is 45.7 Å². The smallest absolute Gasteiger partial charge is 0.274 e. The van der Waals surface area contributed by atoms with E-state index >= 15 is 0 Å². The van der Waals surface area contributed by atoms with Gasteiger partial charge in [-0.1, -0.05) is 32.7 Å². The van der Waals surface area contributed by atoms with Crippen molar-refractivity contribution >= 4 is 56.1 Å². The summed E-state index contributed by atoms with van der Waals surface area (Å²) in [6.07, 6.45) is 1.55. The van der Waals surface area contributed by atoms with Gasteiger partial charge in [-0.2, -0.15) is 10.4 Å². The number of hydrogen-bond donors (Lipinski definition) is 2. The van der Waals surface area contributed by atoms with E-state index in [4.69, 9.17) is 11.6 Å². The second-order valence-corrected chi connectivity index (χ2v) is 11.9. The average molecular weight is 647 g/mol. The third-order valence-electron chi connectivity index (χ3n) is 6.16. The standard InChI is InChI=1S/C29H25BrClN9O2/c1-16-10-17(14-32)11-20(27(41)35-29(2,3)4)25(16)34-28(42)24-13-19(37-40(24)26-21(31)6-5-9-33-26)15-39-23-8-7-18(30)12-22(23)36-38-39/h5-13H,15H2,1-4H3,(H,34,42)(H,35,41). The molecule has 2 amide bonds. The molecule has 11 nitrogen and oxygen atoms in total. The number of carbonyl (C=O) groups is 2. The van der Waals surface area contributed by atoms with E-state index in [0.29, 0.717) is 22.3 Å². The summed E-state index contributed by atoms with van der Waals surface area (Å²) < 4.78 is 3.91. The molecule has 0 aliphatic heterocycles. The minimum absolute atomic E-state index is 0.128. The molecular formula is C29H25BrClN9O2. The number of halogens is 2. The van der Waals surface area contributed by atoms with Gasteiger partial charge in [-0.3, -0.25) is 9.59 Å². The van der Waals surface area contributed by atoms with Crippen LogP contribution in [0.3, 0.4) is 0 Å². The Morgan fingerprint density at radius 3 is 2.62 bits per heavy atom. The van der Waals surface area contributed by atoms with E-state index in [9.17, 15) is 14.9 Å². The summed E-state index contributed by atoms with van der Waals surface area (Å²) in [7, 11) is 0. The number of nitriles is 1. The van der Waals surface area contributed by atoms with Gasteiger partial charge >= 0.3 is 0 Å². The molecule has 0 aliphatic carbocycles. The summed E-state index contributed by atoms with van der Waals surface area (Å²) in [6, 6.07) is 15.7. The van der Waals surface area contributed by atoms with Crippen LogP contribution in [-0.2, 0) is 6.54 Å². The monoisotopic (exact) mass is 645 g/mol. The van der Waals surface area contributed by atoms with Crippen LogP contribution in [0, 0.1) is 18.3 Å². The molecule has 5 rings (SSSR count). The highest BCUT2D eigenvalue weighted by atomic mass is 79.9. The third-order valence-corrected chi connectivity index (χ3v) is 6.94. The molecule has 0 radical (unpaired) electrons. The Hall–Kier alpha value is -4.60. The van der Waals surface area contributed by atoms with Gasteiger partial charge in [0, 0.05) is 16.2 Å². The van der Waals surface area contributed by atoms with Crippen molar-refractivity contribution in [3.05, 3.63) is 92.3 Å². The van der Waals surface area contributed by atoms with Crippen molar-refractivity contribution in [1.29, 1.82) is 5.26 Å². The maximum absolute atomic E-state index is 13.9. The number of anilines is 1. The molecule has 2 N–H and O–H groups in total. The van der Waals surface area contributed by atoms with Crippen molar-refractivity contribution in [2.45, 2.75) is 39.8 Å². The summed E-state index contributed by atoms with van der Waals surface area (Å²) >= 11 is 9.90. The third kappa shape index (κ3) is 6.02. The lowest BCUT2D eigenvalue weighted by atomic mass is 10.0. The zero-order valence-electron chi connectivity index (χ0n) is 23.1. The summed E-state index contributed by atoms with van der Waals surface area (Å²) in [4.78, 5) is 31.4. The summed E-state index contributed by atoms with van der Waals surface area (Å²) in [5.41, 5.74) is 2.85. The molecule has 0 unspecified atom stereocenters. The lowest BCUT2D eigenvalue weighted by Crippen LogP contribution is -2.41. The number of pyridine rings is 1. The maximum atomic E-state index is 13.9. The number of hydrogen-bond acceptors (Lipinski definition) is 7. The van der Waals surface area contributed by atoms with Crippen LogP contribution in [-0.4, -0.2) is 47.1 Å². The zero-order valence-corrected chi connectivity index (χ0v) is 25.4. The van der Waals surface area contributed by atoms with E-state index in [1.807, 2.05) is 39.0 Å². The van der Waals surface area contributed by atoms with E-state index in [0.717, 1.165) is 9.99 Å². The van der Waals surface area contributed by atoms with Crippen LogP contribution in [0.25, 0.3) is 16.9 Å². The predicted octanol–water partition coefficient (Wildman–Crippen LogP) is 5.44. The van der Waals surface area contributed by atoms with E-state index in [2.05, 4.69) is 53.0 Å². The fourth-order valence-corrected chi connectivity index (χ4v) is 4.91. The van der Waals surface area contributed by atoms with Crippen molar-refractivity contribution in [3.63, 3.8) is 0 Å². The number of fused-ring (bicyclic) bond motifs is 1. The first-order valence-electron chi connectivity index (χ1n) is 12.8. The molecule has 3 heterocycles. The van der Waals surface area contributed by atoms with Crippen LogP contribution in [0.1, 0.15) is 58.4 Å². The molecule has 42 heavy (non-hydrogen) atoms. The van der Waals surface area contributed by atoms with Gasteiger partial charge in [0.25, 0.3) is 11.8 Å². The number of rotatable bonds is 6. The second-order valence-electron chi connectivity index (χ2n) is 10.6. The number of aryl methyl sites for hydroxylation is 1. The van der Waals surface area contributed by atoms with E-state index < -0.39 is 17.4 Å². The topological polar surface area (TPSA) is 143 Å². The lowest BCUT2D eigenvalue weighted by molar-refractivity contribution is 0.0920. The first kappa shape index (κ1) is 28.9. The largest absolute Gasteiger partial charge is 0.347 e. The molecule has 0 bridgehead atoms. The number of amides is 2. The molecule has 0 atom stereocenters. The van der Waals surface area contributed by atoms with Crippen molar-refractivity contribution in [2.24, 2.45) is 0 Å². The van der Waals surface area contributed by atoms with Crippen LogP contribution < -0.4 is 10.6 Å². The Kier molecular flexibility index (Phi) is 7.81. The van der Waals surface area contributed by atoms with Crippen LogP contribution in [0.5, 0.6) is 0 Å². The van der Waals surface area contributed by atoms with Gasteiger partial charge in [0.2, 0.25) is 0 Å². The zero-order chi connectivity index (χ0) is 30.2. The molecule has 13 heteroatoms. The molecule has 0 saturated carbocycles. The molecule has 0 saturated heterocycles. The molecule has 2 aromatic carbocycles. The minimum atomic E-state index is -0.555. The van der Waals surface area contributed by atoms with Crippen LogP contribution in [0.2, 0.25) is 5.02 Å². The summed E-state index contributed by atoms with van der Waals surface area (Å²) in [5.74, 6) is -0.727. The summed E-state index contributed by atoms with van der Waals surface area (Å²) in [6.45, 7) is 7.47. The molecule has 0 aliphatic rings. The van der Waals surface area contributed by atoms with Gasteiger partial charge in [0.1, 0.15) is 11.2 Å². The maximum Gasteiger partial charge on any atom is 0.274 e. The highest BCUT2D eigenvalue weighted by Crippen LogP contribution is 2.26. The van der Waals surface area contributed by atoms with Gasteiger partial charge < -0.3 is 10.6 Å². The Morgan fingerprint density at radius 2 is 1.90 bits per heavy atom. The average Bonchev–Trinajstić information content (AvgIpc) is 3.52. The van der Waals surface area contributed by atoms with Gasteiger partial charge in [0.15, 0.2) is 5.82 Å². The number of aromatic nitrogens is 6. The van der Waals surface area contributed by atoms with Crippen molar-refractivity contribution < 1.29 is 9.59 Å². The Labute approximate surface area is 254 Å². The second kappa shape index (κ2) is 11.3. The van der Waals surface area contributed by atoms with Crippen LogP contribution in [0.4, 0.5) is 5.69 Å².